The van der Waals surface area contributed by atoms with Gasteiger partial charge in [0.2, 0.25) is 0 Å². The molecule has 22 heavy (non-hydrogen) atoms. The van der Waals surface area contributed by atoms with Crippen LogP contribution in [-0.2, 0) is 4.74 Å². The number of methoxy groups -OCH3 is 1. The van der Waals surface area contributed by atoms with E-state index in [-0.39, 0.29) is 6.61 Å². The molecule has 0 radical (unpaired) electrons. The van der Waals surface area contributed by atoms with Crippen molar-refractivity contribution in [3.05, 3.63) is 24.3 Å². The summed E-state index contributed by atoms with van der Waals surface area (Å²) >= 11 is 1.33. The van der Waals surface area contributed by atoms with Crippen molar-refractivity contribution in [2.45, 2.75) is 29.8 Å². The summed E-state index contributed by atoms with van der Waals surface area (Å²) < 4.78 is 10.7. The number of aliphatic imine (C=N–C) groups is 1. The van der Waals surface area contributed by atoms with Gasteiger partial charge in [0.1, 0.15) is 35.5 Å². The number of rotatable bonds is 3. The largest absolute Gasteiger partial charge is 0.497 e. The average Bonchev–Trinajstić information content (AvgIpc) is 2.94. The lowest BCUT2D eigenvalue weighted by Gasteiger charge is -2.37. The minimum absolute atomic E-state index is 0.344. The zero-order valence-corrected chi connectivity index (χ0v) is 12.7. The van der Waals surface area contributed by atoms with Crippen LogP contribution in [0.25, 0.3) is 0 Å². The number of nitrogens with zero attached hydrogens (tertiary/aromatic N) is 1. The van der Waals surface area contributed by atoms with Crippen molar-refractivity contribution in [1.29, 1.82) is 0 Å². The molecule has 1 fully saturated rings. The fourth-order valence-corrected chi connectivity index (χ4v) is 3.58. The van der Waals surface area contributed by atoms with E-state index in [0.29, 0.717) is 5.17 Å². The van der Waals surface area contributed by atoms with Gasteiger partial charge >= 0.3 is 0 Å². The second kappa shape index (κ2) is 6.43. The monoisotopic (exact) mass is 326 g/mol. The third-order valence-corrected chi connectivity index (χ3v) is 4.74. The molecule has 1 aromatic carbocycles. The molecule has 7 nitrogen and oxygen atoms in total. The first-order valence-electron chi connectivity index (χ1n) is 6.90. The molecule has 2 unspecified atom stereocenters. The van der Waals surface area contributed by atoms with Crippen LogP contribution in [0.2, 0.25) is 0 Å². The molecule has 3 rings (SSSR count). The highest BCUT2D eigenvalue weighted by Crippen LogP contribution is 2.36. The van der Waals surface area contributed by atoms with Crippen molar-refractivity contribution in [1.82, 2.24) is 0 Å². The van der Waals surface area contributed by atoms with E-state index in [1.165, 1.54) is 11.8 Å². The Balaban J connectivity index is 1.69. The minimum Gasteiger partial charge on any atom is -0.497 e. The van der Waals surface area contributed by atoms with Crippen LogP contribution in [0.15, 0.2) is 29.3 Å². The van der Waals surface area contributed by atoms with Crippen LogP contribution in [-0.4, -0.2) is 64.0 Å². The Kier molecular flexibility index (Phi) is 4.55. The fraction of sp³-hybridized carbons (Fsp3) is 0.500. The molecule has 120 valence electrons. The number of hydrogen-bond acceptors (Lipinski definition) is 8. The van der Waals surface area contributed by atoms with E-state index in [9.17, 15) is 15.3 Å². The van der Waals surface area contributed by atoms with E-state index in [2.05, 4.69) is 10.3 Å². The fourth-order valence-electron chi connectivity index (χ4n) is 2.44. The second-order valence-electron chi connectivity index (χ2n) is 5.10. The normalized spacial score (nSPS) is 34.0. The molecule has 0 bridgehead atoms. The molecule has 2 aliphatic heterocycles. The lowest BCUT2D eigenvalue weighted by atomic mass is 9.99. The first-order chi connectivity index (χ1) is 10.6. The van der Waals surface area contributed by atoms with E-state index in [1.54, 1.807) is 7.11 Å². The number of nitrogens with one attached hydrogen (secondary N) is 1. The number of benzene rings is 1. The summed E-state index contributed by atoms with van der Waals surface area (Å²) in [5.41, 5.74) is 0.413. The van der Waals surface area contributed by atoms with Gasteiger partial charge in [-0.05, 0) is 24.3 Å². The van der Waals surface area contributed by atoms with Crippen LogP contribution in [0.4, 0.5) is 5.69 Å². The van der Waals surface area contributed by atoms with Gasteiger partial charge in [0.15, 0.2) is 5.17 Å². The van der Waals surface area contributed by atoms with Crippen molar-refractivity contribution < 1.29 is 24.8 Å². The van der Waals surface area contributed by atoms with E-state index in [0.717, 1.165) is 11.4 Å². The maximum Gasteiger partial charge on any atom is 0.164 e. The number of aliphatic hydroxyl groups is 3. The van der Waals surface area contributed by atoms with Gasteiger partial charge in [0, 0.05) is 5.69 Å². The second-order valence-corrected chi connectivity index (χ2v) is 6.19. The number of aliphatic hydroxyl groups excluding tert-OH is 3. The predicted octanol–water partition coefficient (Wildman–Crippen LogP) is 0.0175. The number of hydrogen-bond donors (Lipinski definition) is 4. The summed E-state index contributed by atoms with van der Waals surface area (Å²) in [4.78, 5) is 4.37. The van der Waals surface area contributed by atoms with Gasteiger partial charge in [-0.15, -0.1) is 0 Å². The third-order valence-electron chi connectivity index (χ3n) is 3.68. The molecule has 5 atom stereocenters. The van der Waals surface area contributed by atoms with E-state index in [1.807, 2.05) is 24.3 Å². The number of thioether (sulfide) groups is 1. The van der Waals surface area contributed by atoms with Gasteiger partial charge in [-0.2, -0.15) is 0 Å². The first kappa shape index (κ1) is 15.6. The SMILES string of the molecule is COc1ccc(NC2=NC3C(O[C@H](CO)[C@@H](O)[C@@H]3O)S2)cc1. The maximum atomic E-state index is 10.1. The quantitative estimate of drug-likeness (QED) is 0.621. The van der Waals surface area contributed by atoms with Gasteiger partial charge in [-0.25, -0.2) is 0 Å². The summed E-state index contributed by atoms with van der Waals surface area (Å²) in [6, 6.07) is 6.81. The summed E-state index contributed by atoms with van der Waals surface area (Å²) in [5.74, 6) is 0.757. The standard InChI is InChI=1S/C14H18N2O5S/c1-20-8-4-2-7(3-5-8)15-14-16-10-12(19)11(18)9(6-17)21-13(10)22-14/h2-5,9-13,17-19H,6H2,1H3,(H,15,16)/t9-,10?,11-,12-,13?/m1/s1. The van der Waals surface area contributed by atoms with Crippen molar-refractivity contribution in [2.75, 3.05) is 19.0 Å². The minimum atomic E-state index is -1.14. The summed E-state index contributed by atoms with van der Waals surface area (Å²) in [6.45, 7) is -0.344. The molecule has 4 N–H and O–H groups in total. The van der Waals surface area contributed by atoms with Crippen LogP contribution in [0.3, 0.4) is 0 Å². The summed E-state index contributed by atoms with van der Waals surface area (Å²) in [7, 11) is 1.60. The summed E-state index contributed by atoms with van der Waals surface area (Å²) in [5, 5.41) is 32.9. The van der Waals surface area contributed by atoms with E-state index >= 15 is 0 Å². The molecule has 0 saturated carbocycles. The van der Waals surface area contributed by atoms with Crippen LogP contribution < -0.4 is 10.1 Å². The Morgan fingerprint density at radius 2 is 2.00 bits per heavy atom. The van der Waals surface area contributed by atoms with Gasteiger partial charge in [0.25, 0.3) is 0 Å². The van der Waals surface area contributed by atoms with Crippen LogP contribution in [0.1, 0.15) is 0 Å². The lowest BCUT2D eigenvalue weighted by Crippen LogP contribution is -2.55. The van der Waals surface area contributed by atoms with Gasteiger partial charge in [0.05, 0.1) is 13.7 Å². The third kappa shape index (κ3) is 2.92. The lowest BCUT2D eigenvalue weighted by molar-refractivity contribution is -0.164. The van der Waals surface area contributed by atoms with Crippen LogP contribution >= 0.6 is 11.8 Å². The highest BCUT2D eigenvalue weighted by Gasteiger charge is 2.47. The number of amidine groups is 1. The number of anilines is 1. The van der Waals surface area contributed by atoms with Crippen LogP contribution in [0, 0.1) is 0 Å². The van der Waals surface area contributed by atoms with Gasteiger partial charge < -0.3 is 30.1 Å². The zero-order valence-electron chi connectivity index (χ0n) is 11.9. The molecule has 8 heteroatoms. The molecule has 0 spiro atoms. The van der Waals surface area contributed by atoms with E-state index in [4.69, 9.17) is 9.47 Å². The zero-order chi connectivity index (χ0) is 15.7. The Morgan fingerprint density at radius 1 is 1.27 bits per heavy atom. The molecular formula is C14H18N2O5S. The summed E-state index contributed by atoms with van der Waals surface area (Å²) in [6.07, 6.45) is -2.99. The van der Waals surface area contributed by atoms with Crippen molar-refractivity contribution in [3.8, 4) is 5.75 Å². The number of fused-ring (bicyclic) bond motifs is 1. The molecule has 2 aliphatic rings. The van der Waals surface area contributed by atoms with Crippen molar-refractivity contribution in [3.63, 3.8) is 0 Å². The molecule has 1 aromatic rings. The first-order valence-corrected chi connectivity index (χ1v) is 7.78. The Labute approximate surface area is 132 Å². The average molecular weight is 326 g/mol. The van der Waals surface area contributed by atoms with E-state index < -0.39 is 29.8 Å². The Bertz CT molecular complexity index is 553. The highest BCUT2D eigenvalue weighted by molar-refractivity contribution is 8.14. The van der Waals surface area contributed by atoms with Crippen molar-refractivity contribution in [2.24, 2.45) is 4.99 Å². The predicted molar refractivity (Wildman–Crippen MR) is 83.2 cm³/mol. The molecule has 0 amide bonds. The van der Waals surface area contributed by atoms with Gasteiger partial charge in [-0.3, -0.25) is 4.99 Å². The Morgan fingerprint density at radius 3 is 2.64 bits per heavy atom. The van der Waals surface area contributed by atoms with Gasteiger partial charge in [-0.1, -0.05) is 11.8 Å². The molecule has 0 aromatic heterocycles. The van der Waals surface area contributed by atoms with Crippen LogP contribution in [0.5, 0.6) is 5.75 Å². The molecular weight excluding hydrogens is 308 g/mol. The maximum absolute atomic E-state index is 10.1. The number of ether oxygens (including phenoxy) is 2. The molecule has 0 aliphatic carbocycles. The topological polar surface area (TPSA) is 104 Å². The highest BCUT2D eigenvalue weighted by atomic mass is 32.2. The Hall–Kier alpha value is -1.32. The van der Waals surface area contributed by atoms with Crippen molar-refractivity contribution >= 4 is 22.6 Å². The smallest absolute Gasteiger partial charge is 0.164 e. The molecule has 1 saturated heterocycles. The molecule has 2 heterocycles.